The predicted octanol–water partition coefficient (Wildman–Crippen LogP) is 4.47. The number of nitrogens with two attached hydrogens (primary N) is 1. The average molecular weight is 612 g/mol. The molecule has 0 spiro atoms. The molecule has 2 aliphatic rings. The van der Waals surface area contributed by atoms with Crippen LogP contribution in [0.2, 0.25) is 0 Å². The zero-order valence-corrected chi connectivity index (χ0v) is 24.4. The van der Waals surface area contributed by atoms with Gasteiger partial charge in [0, 0.05) is 30.4 Å². The highest BCUT2D eigenvalue weighted by Crippen LogP contribution is 2.31. The fourth-order valence-corrected chi connectivity index (χ4v) is 5.77. The number of amides is 2. The van der Waals surface area contributed by atoms with Gasteiger partial charge in [0.2, 0.25) is 0 Å². The molecule has 2 fully saturated rings. The predicted molar refractivity (Wildman–Crippen MR) is 160 cm³/mol. The molecule has 13 heteroatoms. The third kappa shape index (κ3) is 7.95. The van der Waals surface area contributed by atoms with Crippen LogP contribution in [-0.2, 0) is 0 Å². The number of ether oxygens (including phenoxy) is 1. The number of anilines is 3. The quantitative estimate of drug-likeness (QED) is 0.324. The lowest BCUT2D eigenvalue weighted by Gasteiger charge is -2.34. The Bertz CT molecular complexity index is 1440. The molecule has 0 saturated carbocycles. The molecule has 0 radical (unpaired) electrons. The number of benzene rings is 2. The molecule has 2 amide bonds. The second kappa shape index (κ2) is 13.5. The fourth-order valence-electron chi connectivity index (χ4n) is 5.77. The molecule has 0 unspecified atom stereocenters. The Balaban J connectivity index is 1.23. The summed E-state index contributed by atoms with van der Waals surface area (Å²) in [7, 11) is 1.57. The van der Waals surface area contributed by atoms with Gasteiger partial charge < -0.3 is 26.0 Å². The van der Waals surface area contributed by atoms with Gasteiger partial charge in [0.15, 0.2) is 11.5 Å². The van der Waals surface area contributed by atoms with Crippen molar-refractivity contribution in [2.45, 2.75) is 43.8 Å². The summed E-state index contributed by atoms with van der Waals surface area (Å²) < 4.78 is 43.3. The summed E-state index contributed by atoms with van der Waals surface area (Å²) in [6.45, 7) is 1.15. The summed E-state index contributed by atoms with van der Waals surface area (Å²) in [5.74, 6) is 0.711. The topological polar surface area (TPSA) is 126 Å². The number of hydrogen-bond donors (Lipinski definition) is 3. The summed E-state index contributed by atoms with van der Waals surface area (Å²) in [6.07, 6.45) is 0.260. The van der Waals surface area contributed by atoms with Crippen molar-refractivity contribution >= 4 is 29.1 Å². The van der Waals surface area contributed by atoms with E-state index in [1.165, 1.54) is 11.1 Å². The van der Waals surface area contributed by atoms with E-state index < -0.39 is 18.6 Å². The van der Waals surface area contributed by atoms with Crippen molar-refractivity contribution in [3.8, 4) is 5.75 Å². The highest BCUT2D eigenvalue weighted by atomic mass is 19.4. The van der Waals surface area contributed by atoms with Crippen molar-refractivity contribution in [2.75, 3.05) is 50.1 Å². The number of rotatable bonds is 9. The molecule has 0 bridgehead atoms. The molecule has 1 atom stereocenters. The Kier molecular flexibility index (Phi) is 9.52. The van der Waals surface area contributed by atoms with Crippen LogP contribution in [0.15, 0.2) is 54.7 Å². The maximum absolute atomic E-state index is 12.8. The number of likely N-dealkylation sites (tertiary alicyclic amines) is 1. The summed E-state index contributed by atoms with van der Waals surface area (Å²) >= 11 is 0. The first kappa shape index (κ1) is 31.0. The number of carbonyl (C=O) groups excluding carboxylic acids is 2. The van der Waals surface area contributed by atoms with Gasteiger partial charge in [0.1, 0.15) is 11.6 Å². The highest BCUT2D eigenvalue weighted by molar-refractivity contribution is 5.96. The lowest BCUT2D eigenvalue weighted by molar-refractivity contribution is -0.147. The van der Waals surface area contributed by atoms with Gasteiger partial charge in [-0.25, -0.2) is 9.97 Å². The number of nitrogens with one attached hydrogen (secondary N) is 2. The highest BCUT2D eigenvalue weighted by Gasteiger charge is 2.33. The first-order valence-corrected chi connectivity index (χ1v) is 14.6. The number of piperidine rings is 2. The summed E-state index contributed by atoms with van der Waals surface area (Å²) in [6, 6.07) is 14.4. The molecule has 44 heavy (non-hydrogen) atoms. The van der Waals surface area contributed by atoms with Crippen LogP contribution in [0, 0.1) is 0 Å². The Morgan fingerprint density at radius 2 is 1.73 bits per heavy atom. The van der Waals surface area contributed by atoms with Crippen LogP contribution in [0.3, 0.4) is 0 Å². The molecule has 0 aliphatic carbocycles. The van der Waals surface area contributed by atoms with Gasteiger partial charge >= 0.3 is 6.18 Å². The summed E-state index contributed by atoms with van der Waals surface area (Å²) in [5, 5.41) is 6.25. The van der Waals surface area contributed by atoms with Crippen molar-refractivity contribution < 1.29 is 27.5 Å². The van der Waals surface area contributed by atoms with Crippen LogP contribution in [0.25, 0.3) is 0 Å². The van der Waals surface area contributed by atoms with Crippen molar-refractivity contribution in [3.63, 3.8) is 0 Å². The third-order valence-electron chi connectivity index (χ3n) is 8.06. The monoisotopic (exact) mass is 611 g/mol. The SMILES string of the molecule is COc1ccc(C(=O)N[C@@H]2CCCN(c3cnc(C(N)=O)c(Nc4ccc(C5CCN(CC(F)(F)F)CC5)cc4)n3)C2)cc1. The van der Waals surface area contributed by atoms with Crippen LogP contribution >= 0.6 is 0 Å². The Hall–Kier alpha value is -4.39. The number of methoxy groups -OCH3 is 1. The third-order valence-corrected chi connectivity index (χ3v) is 8.06. The molecule has 3 heterocycles. The first-order valence-electron chi connectivity index (χ1n) is 14.6. The van der Waals surface area contributed by atoms with Gasteiger partial charge in [-0.15, -0.1) is 0 Å². The number of aromatic nitrogens is 2. The molecule has 2 aromatic carbocycles. The number of alkyl halides is 3. The van der Waals surface area contributed by atoms with Crippen molar-refractivity contribution in [1.82, 2.24) is 20.2 Å². The minimum atomic E-state index is -4.19. The molecule has 234 valence electrons. The normalized spacial score (nSPS) is 18.1. The second-order valence-electron chi connectivity index (χ2n) is 11.2. The van der Waals surface area contributed by atoms with Crippen molar-refractivity contribution in [1.29, 1.82) is 0 Å². The van der Waals surface area contributed by atoms with E-state index >= 15 is 0 Å². The van der Waals surface area contributed by atoms with Crippen LogP contribution < -0.4 is 26.0 Å². The van der Waals surface area contributed by atoms with Crippen molar-refractivity contribution in [2.24, 2.45) is 5.73 Å². The number of halogens is 3. The molecule has 2 saturated heterocycles. The second-order valence-corrected chi connectivity index (χ2v) is 11.2. The molecule has 10 nitrogen and oxygen atoms in total. The van der Waals surface area contributed by atoms with Crippen molar-refractivity contribution in [3.05, 3.63) is 71.5 Å². The van der Waals surface area contributed by atoms with E-state index in [-0.39, 0.29) is 29.4 Å². The molecule has 3 aromatic rings. The van der Waals surface area contributed by atoms with Gasteiger partial charge in [0.05, 0.1) is 19.9 Å². The van der Waals surface area contributed by atoms with E-state index in [0.29, 0.717) is 61.8 Å². The van der Waals surface area contributed by atoms with Crippen LogP contribution in [-0.4, -0.2) is 78.7 Å². The molecule has 5 rings (SSSR count). The van der Waals surface area contributed by atoms with E-state index in [9.17, 15) is 22.8 Å². The molecule has 2 aliphatic heterocycles. The number of primary amides is 1. The number of hydrogen-bond acceptors (Lipinski definition) is 8. The van der Waals surface area contributed by atoms with Crippen LogP contribution in [0.5, 0.6) is 5.75 Å². The van der Waals surface area contributed by atoms with E-state index in [0.717, 1.165) is 18.4 Å². The zero-order valence-electron chi connectivity index (χ0n) is 24.4. The maximum Gasteiger partial charge on any atom is 0.401 e. The lowest BCUT2D eigenvalue weighted by Crippen LogP contribution is -2.48. The van der Waals surface area contributed by atoms with Crippen LogP contribution in [0.4, 0.5) is 30.5 Å². The Morgan fingerprint density at radius 3 is 2.36 bits per heavy atom. The van der Waals surface area contributed by atoms with E-state index in [4.69, 9.17) is 10.5 Å². The maximum atomic E-state index is 12.8. The molecule has 1 aromatic heterocycles. The Morgan fingerprint density at radius 1 is 1.02 bits per heavy atom. The van der Waals surface area contributed by atoms with E-state index in [1.807, 2.05) is 29.2 Å². The summed E-state index contributed by atoms with van der Waals surface area (Å²) in [4.78, 5) is 37.4. The fraction of sp³-hybridized carbons (Fsp3) is 0.419. The smallest absolute Gasteiger partial charge is 0.401 e. The molecule has 4 N–H and O–H groups in total. The number of nitrogens with zero attached hydrogens (tertiary/aromatic N) is 4. The largest absolute Gasteiger partial charge is 0.497 e. The van der Waals surface area contributed by atoms with Gasteiger partial charge in [-0.1, -0.05) is 12.1 Å². The van der Waals surface area contributed by atoms with Gasteiger partial charge in [-0.3, -0.25) is 14.5 Å². The van der Waals surface area contributed by atoms with E-state index in [1.54, 1.807) is 31.4 Å². The van der Waals surface area contributed by atoms with Gasteiger partial charge in [-0.05, 0) is 86.7 Å². The molecular weight excluding hydrogens is 575 g/mol. The molecular formula is C31H36F3N7O3. The zero-order chi connectivity index (χ0) is 31.3. The average Bonchev–Trinajstić information content (AvgIpc) is 3.01. The van der Waals surface area contributed by atoms with Gasteiger partial charge in [-0.2, -0.15) is 13.2 Å². The van der Waals surface area contributed by atoms with Crippen LogP contribution in [0.1, 0.15) is 58.0 Å². The summed E-state index contributed by atoms with van der Waals surface area (Å²) in [5.41, 5.74) is 7.85. The standard InChI is InChI=1S/C31H36F3N7O3/c1-44-25-10-6-22(7-11-25)30(43)38-24-3-2-14-41(18-24)26-17-36-27(28(35)42)29(39-26)37-23-8-4-20(5-9-23)21-12-15-40(16-13-21)19-31(32,33)34/h4-11,17,21,24H,2-3,12-16,18-19H2,1H3,(H2,35,42)(H,37,39)(H,38,43)/t24-/m1/s1. The minimum Gasteiger partial charge on any atom is -0.497 e. The minimum absolute atomic E-state index is 0.00349. The number of carbonyl (C=O) groups is 2. The van der Waals surface area contributed by atoms with E-state index in [2.05, 4.69) is 20.6 Å². The Labute approximate surface area is 253 Å². The van der Waals surface area contributed by atoms with Gasteiger partial charge in [0.25, 0.3) is 11.8 Å². The lowest BCUT2D eigenvalue weighted by atomic mass is 9.89. The first-order chi connectivity index (χ1) is 21.1.